The predicted octanol–water partition coefficient (Wildman–Crippen LogP) is 3.49. The van der Waals surface area contributed by atoms with Crippen molar-refractivity contribution < 1.29 is 18.3 Å². The zero-order valence-corrected chi connectivity index (χ0v) is 9.61. The van der Waals surface area contributed by atoms with Crippen molar-refractivity contribution >= 4 is 5.97 Å². The largest absolute Gasteiger partial charge is 0.420 e. The van der Waals surface area contributed by atoms with Crippen molar-refractivity contribution in [1.29, 1.82) is 0 Å². The molecule has 0 radical (unpaired) electrons. The van der Waals surface area contributed by atoms with Crippen LogP contribution in [0, 0.1) is 18.6 Å². The number of aryl methyl sites for hydroxylation is 1. The van der Waals surface area contributed by atoms with Crippen LogP contribution in [0.15, 0.2) is 42.5 Å². The van der Waals surface area contributed by atoms with Gasteiger partial charge in [0.05, 0.1) is 5.56 Å². The van der Waals surface area contributed by atoms with Gasteiger partial charge < -0.3 is 4.74 Å². The molecule has 2 aromatic carbocycles. The van der Waals surface area contributed by atoms with E-state index in [1.807, 2.05) is 6.92 Å². The van der Waals surface area contributed by atoms with E-state index in [1.54, 1.807) is 24.3 Å². The minimum absolute atomic E-state index is 0.290. The van der Waals surface area contributed by atoms with Gasteiger partial charge in [0.25, 0.3) is 0 Å². The molecule has 0 saturated heterocycles. The number of carbonyl (C=O) groups excluding carboxylic acids is 1. The normalized spacial score (nSPS) is 10.2. The van der Waals surface area contributed by atoms with E-state index >= 15 is 0 Å². The van der Waals surface area contributed by atoms with Gasteiger partial charge in [0.2, 0.25) is 0 Å². The molecule has 0 saturated carbocycles. The van der Waals surface area contributed by atoms with Crippen LogP contribution in [0.3, 0.4) is 0 Å². The van der Waals surface area contributed by atoms with Crippen molar-refractivity contribution in [3.8, 4) is 5.75 Å². The highest BCUT2D eigenvalue weighted by Crippen LogP contribution is 2.19. The molecule has 0 aliphatic heterocycles. The zero-order valence-electron chi connectivity index (χ0n) is 9.61. The molecule has 0 atom stereocenters. The van der Waals surface area contributed by atoms with Gasteiger partial charge in [-0.1, -0.05) is 17.7 Å². The first-order chi connectivity index (χ1) is 8.56. The monoisotopic (exact) mass is 248 g/mol. The lowest BCUT2D eigenvalue weighted by Gasteiger charge is -2.05. The summed E-state index contributed by atoms with van der Waals surface area (Å²) in [5.41, 5.74) is 1.31. The molecule has 2 rings (SSSR count). The summed E-state index contributed by atoms with van der Waals surface area (Å²) in [5.74, 6) is -2.60. The zero-order chi connectivity index (χ0) is 13.1. The average molecular weight is 248 g/mol. The number of hydrogen-bond donors (Lipinski definition) is 0. The summed E-state index contributed by atoms with van der Waals surface area (Å²) >= 11 is 0. The Morgan fingerprint density at radius 3 is 2.33 bits per heavy atom. The fraction of sp³-hybridized carbons (Fsp3) is 0.0714. The van der Waals surface area contributed by atoms with Crippen molar-refractivity contribution in [2.45, 2.75) is 6.92 Å². The van der Waals surface area contributed by atoms with Crippen LogP contribution in [0.4, 0.5) is 8.78 Å². The van der Waals surface area contributed by atoms with E-state index in [9.17, 15) is 13.6 Å². The van der Waals surface area contributed by atoms with Crippen LogP contribution < -0.4 is 4.74 Å². The second-order valence-electron chi connectivity index (χ2n) is 3.83. The second-order valence-corrected chi connectivity index (χ2v) is 3.83. The van der Waals surface area contributed by atoms with Gasteiger partial charge in [0, 0.05) is 6.07 Å². The van der Waals surface area contributed by atoms with E-state index in [0.29, 0.717) is 11.6 Å². The molecule has 0 aromatic heterocycles. The van der Waals surface area contributed by atoms with Gasteiger partial charge in [-0.15, -0.1) is 0 Å². The molecule has 4 heteroatoms. The fourth-order valence-electron chi connectivity index (χ4n) is 1.41. The summed E-state index contributed by atoms with van der Waals surface area (Å²) in [6.07, 6.45) is 0. The van der Waals surface area contributed by atoms with E-state index in [0.717, 1.165) is 17.7 Å². The molecule has 0 heterocycles. The van der Waals surface area contributed by atoms with Gasteiger partial charge in [-0.05, 0) is 31.2 Å². The SMILES string of the molecule is Cc1ccc(C(=O)Oc2ccc(F)cc2F)cc1. The van der Waals surface area contributed by atoms with Gasteiger partial charge in [0.1, 0.15) is 5.82 Å². The van der Waals surface area contributed by atoms with Crippen molar-refractivity contribution in [3.63, 3.8) is 0 Å². The third kappa shape index (κ3) is 2.71. The molecule has 2 nitrogen and oxygen atoms in total. The van der Waals surface area contributed by atoms with E-state index in [1.165, 1.54) is 0 Å². The maximum absolute atomic E-state index is 13.3. The number of benzene rings is 2. The molecule has 2 aromatic rings. The maximum Gasteiger partial charge on any atom is 0.343 e. The molecule has 0 N–H and O–H groups in total. The quantitative estimate of drug-likeness (QED) is 0.600. The average Bonchev–Trinajstić information content (AvgIpc) is 2.33. The molecule has 0 aliphatic rings. The highest BCUT2D eigenvalue weighted by molar-refractivity contribution is 5.91. The third-order valence-electron chi connectivity index (χ3n) is 2.38. The minimum atomic E-state index is -0.907. The van der Waals surface area contributed by atoms with Crippen LogP contribution >= 0.6 is 0 Å². The fourth-order valence-corrected chi connectivity index (χ4v) is 1.41. The van der Waals surface area contributed by atoms with Crippen LogP contribution in [0.5, 0.6) is 5.75 Å². The minimum Gasteiger partial charge on any atom is -0.420 e. The maximum atomic E-state index is 13.3. The van der Waals surface area contributed by atoms with E-state index in [4.69, 9.17) is 4.74 Å². The molecule has 92 valence electrons. The highest BCUT2D eigenvalue weighted by Gasteiger charge is 2.12. The Kier molecular flexibility index (Phi) is 3.37. The lowest BCUT2D eigenvalue weighted by Crippen LogP contribution is -2.09. The van der Waals surface area contributed by atoms with Crippen LogP contribution in [0.25, 0.3) is 0 Å². The summed E-state index contributed by atoms with van der Waals surface area (Å²) in [4.78, 5) is 11.7. The van der Waals surface area contributed by atoms with Gasteiger partial charge in [-0.3, -0.25) is 0 Å². The number of esters is 1. The molecule has 0 aliphatic carbocycles. The van der Waals surface area contributed by atoms with E-state index in [2.05, 4.69) is 0 Å². The van der Waals surface area contributed by atoms with Crippen molar-refractivity contribution in [2.24, 2.45) is 0 Å². The topological polar surface area (TPSA) is 26.3 Å². The standard InChI is InChI=1S/C14H10F2O2/c1-9-2-4-10(5-3-9)14(17)18-13-7-6-11(15)8-12(13)16/h2-8H,1H3. The Morgan fingerprint density at radius 1 is 1.06 bits per heavy atom. The summed E-state index contributed by atoms with van der Waals surface area (Å²) in [6.45, 7) is 1.88. The molecular formula is C14H10F2O2. The smallest absolute Gasteiger partial charge is 0.343 e. The summed E-state index contributed by atoms with van der Waals surface area (Å²) in [6, 6.07) is 9.43. The molecular weight excluding hydrogens is 238 g/mol. The predicted molar refractivity (Wildman–Crippen MR) is 62.5 cm³/mol. The lowest BCUT2D eigenvalue weighted by atomic mass is 10.1. The first-order valence-electron chi connectivity index (χ1n) is 5.30. The van der Waals surface area contributed by atoms with Crippen LogP contribution in [0.2, 0.25) is 0 Å². The number of rotatable bonds is 2. The third-order valence-corrected chi connectivity index (χ3v) is 2.38. The summed E-state index contributed by atoms with van der Waals surface area (Å²) in [5, 5.41) is 0. The van der Waals surface area contributed by atoms with E-state index in [-0.39, 0.29) is 5.75 Å². The first-order valence-corrected chi connectivity index (χ1v) is 5.30. The number of hydrogen-bond acceptors (Lipinski definition) is 2. The van der Waals surface area contributed by atoms with Gasteiger partial charge >= 0.3 is 5.97 Å². The molecule has 0 unspecified atom stereocenters. The Labute approximate surface area is 103 Å². The van der Waals surface area contributed by atoms with Gasteiger partial charge in [0.15, 0.2) is 11.6 Å². The molecule has 0 bridgehead atoms. The van der Waals surface area contributed by atoms with Crippen LogP contribution in [0.1, 0.15) is 15.9 Å². The number of carbonyl (C=O) groups is 1. The van der Waals surface area contributed by atoms with Crippen molar-refractivity contribution in [2.75, 3.05) is 0 Å². The first kappa shape index (κ1) is 12.2. The van der Waals surface area contributed by atoms with Crippen molar-refractivity contribution in [1.82, 2.24) is 0 Å². The van der Waals surface area contributed by atoms with Gasteiger partial charge in [-0.25, -0.2) is 13.6 Å². The second kappa shape index (κ2) is 4.96. The Bertz CT molecular complexity index is 577. The van der Waals surface area contributed by atoms with Gasteiger partial charge in [-0.2, -0.15) is 0 Å². The van der Waals surface area contributed by atoms with Crippen molar-refractivity contribution in [3.05, 3.63) is 65.2 Å². The Morgan fingerprint density at radius 2 is 1.72 bits per heavy atom. The Balaban J connectivity index is 2.18. The molecule has 0 amide bonds. The van der Waals surface area contributed by atoms with E-state index < -0.39 is 17.6 Å². The summed E-state index contributed by atoms with van der Waals surface area (Å²) < 4.78 is 30.8. The Hall–Kier alpha value is -2.23. The van der Waals surface area contributed by atoms with Crippen LogP contribution in [-0.2, 0) is 0 Å². The molecule has 18 heavy (non-hydrogen) atoms. The molecule has 0 spiro atoms. The number of halogens is 2. The summed E-state index contributed by atoms with van der Waals surface area (Å²) in [7, 11) is 0. The molecule has 0 fully saturated rings. The highest BCUT2D eigenvalue weighted by atomic mass is 19.1. The number of ether oxygens (including phenoxy) is 1. The lowest BCUT2D eigenvalue weighted by molar-refractivity contribution is 0.0727. The van der Waals surface area contributed by atoms with Crippen LogP contribution in [-0.4, -0.2) is 5.97 Å².